The highest BCUT2D eigenvalue weighted by atomic mass is 32.2. The van der Waals surface area contributed by atoms with E-state index in [0.717, 1.165) is 74.6 Å². The number of anilines is 2. The molecule has 7 N–H and O–H groups in total. The number of benzene rings is 8. The van der Waals surface area contributed by atoms with Crippen LogP contribution < -0.4 is 35.4 Å². The summed E-state index contributed by atoms with van der Waals surface area (Å²) >= 11 is 0. The summed E-state index contributed by atoms with van der Waals surface area (Å²) < 4.78 is 125. The van der Waals surface area contributed by atoms with Crippen molar-refractivity contribution < 1.29 is 62.0 Å². The molecule has 0 aliphatic heterocycles. The van der Waals surface area contributed by atoms with E-state index in [1.165, 1.54) is 116 Å². The van der Waals surface area contributed by atoms with Gasteiger partial charge >= 0.3 is 15.5 Å². The van der Waals surface area contributed by atoms with Crippen LogP contribution in [0.25, 0.3) is 0 Å². The summed E-state index contributed by atoms with van der Waals surface area (Å²) in [6, 6.07) is 47.9. The lowest BCUT2D eigenvalue weighted by Gasteiger charge is -2.15. The Bertz CT molecular complexity index is 4540. The van der Waals surface area contributed by atoms with E-state index in [2.05, 4.69) is 112 Å². The van der Waals surface area contributed by atoms with Gasteiger partial charge in [0.1, 0.15) is 5.82 Å². The number of nitrogens with one attached hydrogen (secondary N) is 7. The van der Waals surface area contributed by atoms with Crippen LogP contribution in [-0.2, 0) is 55.8 Å². The molecule has 4 aliphatic rings. The van der Waals surface area contributed by atoms with E-state index in [0.29, 0.717) is 22.4 Å². The van der Waals surface area contributed by atoms with Gasteiger partial charge in [0.05, 0.1) is 34.8 Å². The van der Waals surface area contributed by atoms with Gasteiger partial charge in [0.2, 0.25) is 0 Å². The topological polar surface area (TPSA) is 255 Å². The van der Waals surface area contributed by atoms with Gasteiger partial charge in [0, 0.05) is 40.7 Å². The van der Waals surface area contributed by atoms with E-state index in [1.807, 2.05) is 19.1 Å². The first-order chi connectivity index (χ1) is 45.5. The van der Waals surface area contributed by atoms with Gasteiger partial charge in [-0.15, -0.1) is 0 Å². The zero-order valence-electron chi connectivity index (χ0n) is 53.7. The van der Waals surface area contributed by atoms with Gasteiger partial charge in [-0.2, -0.15) is 30.0 Å². The van der Waals surface area contributed by atoms with Crippen LogP contribution in [-0.4, -0.2) is 67.2 Å². The first-order valence-electron chi connectivity index (χ1n) is 31.2. The van der Waals surface area contributed by atoms with Crippen molar-refractivity contribution in [3.8, 4) is 0 Å². The van der Waals surface area contributed by atoms with Gasteiger partial charge in [-0.3, -0.25) is 28.6 Å². The predicted octanol–water partition coefficient (Wildman–Crippen LogP) is 12.7. The quantitative estimate of drug-likeness (QED) is 0.0478. The van der Waals surface area contributed by atoms with Crippen molar-refractivity contribution in [2.45, 2.75) is 121 Å². The van der Waals surface area contributed by atoms with Gasteiger partial charge in [0.25, 0.3) is 33.8 Å². The van der Waals surface area contributed by atoms with Crippen LogP contribution >= 0.6 is 0 Å². The fraction of sp³-hybridized carbons (Fsp3) is 0.278. The number of rotatable bonds is 15. The van der Waals surface area contributed by atoms with Crippen LogP contribution in [0.3, 0.4) is 0 Å². The third-order valence-electron chi connectivity index (χ3n) is 17.1. The van der Waals surface area contributed by atoms with Crippen molar-refractivity contribution in [3.05, 3.63) is 265 Å². The molecule has 0 heterocycles. The number of sulfonamides is 1. The summed E-state index contributed by atoms with van der Waals surface area (Å²) in [5.41, 5.74) is 11.0. The van der Waals surface area contributed by atoms with Gasteiger partial charge < -0.3 is 21.3 Å². The lowest BCUT2D eigenvalue weighted by Crippen LogP contribution is -2.30. The molecule has 0 saturated heterocycles. The van der Waals surface area contributed by atoms with Gasteiger partial charge in [-0.05, 0) is 221 Å². The zero-order chi connectivity index (χ0) is 69.3. The molecule has 0 saturated carbocycles. The molecule has 17 nitrogen and oxygen atoms in total. The minimum absolute atomic E-state index is 0.0190. The summed E-state index contributed by atoms with van der Waals surface area (Å²) in [4.78, 5) is 49.7. The van der Waals surface area contributed by atoms with Crippen LogP contribution in [0.4, 0.5) is 28.9 Å². The fourth-order valence-corrected chi connectivity index (χ4v) is 13.9. The summed E-state index contributed by atoms with van der Waals surface area (Å²) in [6.07, 6.45) is 7.27. The number of sulfone groups is 1. The molecule has 4 aliphatic carbocycles. The third-order valence-corrected chi connectivity index (χ3v) is 21.0. The highest BCUT2D eigenvalue weighted by Gasteiger charge is 2.46. The number of carbonyl (C=O) groups excluding carboxylic acids is 4. The van der Waals surface area contributed by atoms with Crippen LogP contribution in [0.15, 0.2) is 175 Å². The van der Waals surface area contributed by atoms with E-state index in [1.54, 1.807) is 43.3 Å². The third kappa shape index (κ3) is 18.0. The molecule has 4 amide bonds. The summed E-state index contributed by atoms with van der Waals surface area (Å²) in [6.45, 7) is 9.81. The molecule has 0 bridgehead atoms. The standard InChI is InChI=1S/C19H21NO3S.C18H17F3N2O3S.C18H21N3O3S.C17H16FNO/c1-3-24(22,23)16-8-5-14(6-9-16)19(21)20-18-11-7-15-12-13(2)4-10-17(15)18;1-11-2-8-15-13(10-11)5-9-16(15)22-17(24)12-3-6-14(7-4-12)23-27(25,26)18(19,20)21;1-12-3-9-16-14(11-12)6-10-17(16)20-18(22)13-4-7-15(8-5-13)21-25(23,24)19-2;1-11-2-8-15-13(10-11)5-9-16(15)19-17(20)12-3-6-14(18)7-4-12/h4-6,8-10,12,18H,3,7,11H2,1-2H3,(H,20,21);2-4,6-8,10,16,23H,5,9H2,1H3,(H,22,24);3-5,7-9,11,17,19,21H,6,10H2,1-2H3,(H,20,22);2-4,6-8,10,16H,5,9H2,1H3,(H,19,20)/t18-;16-;17-;16-/m1011/s1. The predicted molar refractivity (Wildman–Crippen MR) is 362 cm³/mol. The maximum atomic E-state index is 12.9. The van der Waals surface area contributed by atoms with Crippen LogP contribution in [0.2, 0.25) is 0 Å². The van der Waals surface area contributed by atoms with Crippen molar-refractivity contribution in [2.75, 3.05) is 22.2 Å². The van der Waals surface area contributed by atoms with Crippen LogP contribution in [0, 0.1) is 33.5 Å². The molecule has 96 heavy (non-hydrogen) atoms. The molecule has 0 aromatic heterocycles. The lowest BCUT2D eigenvalue weighted by molar-refractivity contribution is -0.0429. The summed E-state index contributed by atoms with van der Waals surface area (Å²) in [5.74, 6) is -1.14. The largest absolute Gasteiger partial charge is 0.516 e. The van der Waals surface area contributed by atoms with Gasteiger partial charge in [-0.1, -0.05) is 102 Å². The molecule has 24 heteroatoms. The van der Waals surface area contributed by atoms with Gasteiger partial charge in [-0.25, -0.2) is 17.5 Å². The first-order valence-corrected chi connectivity index (χ1v) is 35.8. The molecule has 12 rings (SSSR count). The molecule has 0 spiro atoms. The Hall–Kier alpha value is -9.23. The molecule has 4 atom stereocenters. The summed E-state index contributed by atoms with van der Waals surface area (Å²) in [7, 11) is -11.0. The molecule has 0 unspecified atom stereocenters. The normalized spacial score (nSPS) is 16.6. The second kappa shape index (κ2) is 30.2. The van der Waals surface area contributed by atoms with Crippen molar-refractivity contribution in [1.82, 2.24) is 26.0 Å². The minimum atomic E-state index is -5.49. The fourth-order valence-electron chi connectivity index (χ4n) is 11.9. The van der Waals surface area contributed by atoms with Crippen LogP contribution in [0.5, 0.6) is 0 Å². The molecule has 504 valence electrons. The van der Waals surface area contributed by atoms with E-state index in [4.69, 9.17) is 0 Å². The number of amides is 4. The van der Waals surface area contributed by atoms with Gasteiger partial charge in [0.15, 0.2) is 9.84 Å². The Labute approximate surface area is 557 Å². The maximum Gasteiger partial charge on any atom is 0.516 e. The summed E-state index contributed by atoms with van der Waals surface area (Å²) in [5, 5.41) is 12.0. The van der Waals surface area contributed by atoms with Crippen LogP contribution in [0.1, 0.15) is 165 Å². The number of aryl methyl sites for hydroxylation is 8. The Morgan fingerprint density at radius 2 is 0.698 bits per heavy atom. The molecule has 8 aromatic carbocycles. The van der Waals surface area contributed by atoms with Crippen molar-refractivity contribution >= 4 is 65.1 Å². The number of halogens is 4. The Morgan fingerprint density at radius 3 is 0.979 bits per heavy atom. The number of alkyl halides is 3. The average molecular weight is 1370 g/mol. The second-order valence-electron chi connectivity index (χ2n) is 24.0. The van der Waals surface area contributed by atoms with E-state index in [-0.39, 0.29) is 75.5 Å². The average Bonchev–Trinajstić information content (AvgIpc) is 1.66. The SMILES string of the molecule is CCS(=O)(=O)c1ccc(C(=O)N[C@@H]2CCc3cc(C)ccc32)cc1.CNS(=O)(=O)Nc1ccc(C(=O)N[C@@H]2CCc3cc(C)ccc32)cc1.Cc1ccc2c(c1)CC[C@@H]2NC(=O)c1ccc(NS(=O)(=O)C(F)(F)F)cc1.Cc1ccc2c(c1)CC[C@H]2NC(=O)c1ccc(F)cc1. The highest BCUT2D eigenvalue weighted by molar-refractivity contribution is 7.93. The maximum absolute atomic E-state index is 12.9. The number of hydrogen-bond acceptors (Lipinski definition) is 10. The molecule has 0 radical (unpaired) electrons. The van der Waals surface area contributed by atoms with Crippen molar-refractivity contribution in [3.63, 3.8) is 0 Å². The number of carbonyl (C=O) groups is 4. The number of fused-ring (bicyclic) bond motifs is 4. The van der Waals surface area contributed by atoms with E-state index < -0.39 is 35.6 Å². The Balaban J connectivity index is 0.000000151. The molecular formula is C72H75F4N7O10S3. The van der Waals surface area contributed by atoms with Crippen molar-refractivity contribution in [2.24, 2.45) is 0 Å². The minimum Gasteiger partial charge on any atom is -0.345 e. The molecular weight excluding hydrogens is 1300 g/mol. The van der Waals surface area contributed by atoms with E-state index >= 15 is 0 Å². The smallest absolute Gasteiger partial charge is 0.345 e. The second-order valence-corrected chi connectivity index (χ2v) is 29.6. The van der Waals surface area contributed by atoms with E-state index in [9.17, 15) is 62.0 Å². The monoisotopic (exact) mass is 1370 g/mol. The Kier molecular flexibility index (Phi) is 22.4. The molecule has 8 aromatic rings. The molecule has 0 fully saturated rings. The lowest BCUT2D eigenvalue weighted by atomic mass is 10.1. The highest BCUT2D eigenvalue weighted by Crippen LogP contribution is 2.36. The Morgan fingerprint density at radius 1 is 0.417 bits per heavy atom. The van der Waals surface area contributed by atoms with Crippen molar-refractivity contribution in [1.29, 1.82) is 0 Å². The number of hydrogen-bond donors (Lipinski definition) is 7. The first kappa shape index (κ1) is 71.1. The zero-order valence-corrected chi connectivity index (χ0v) is 56.1.